The summed E-state index contributed by atoms with van der Waals surface area (Å²) in [5, 5.41) is 51.3. The van der Waals surface area contributed by atoms with Crippen LogP contribution in [0.25, 0.3) is 21.3 Å². The summed E-state index contributed by atoms with van der Waals surface area (Å²) in [6, 6.07) is 0.481. The van der Waals surface area contributed by atoms with E-state index in [1.165, 1.54) is 12.8 Å². The molecule has 0 saturated carbocycles. The second kappa shape index (κ2) is 23.2. The minimum absolute atomic E-state index is 0. The monoisotopic (exact) mass is 552 g/mol. The molecule has 32 heavy (non-hydrogen) atoms. The Balaban J connectivity index is -0.000000729. The number of carboxylic acid groups (broad SMARTS) is 2. The average Bonchev–Trinajstić information content (AvgIpc) is 2.68. The molecule has 192 valence electrons. The Morgan fingerprint density at radius 1 is 0.969 bits per heavy atom. The van der Waals surface area contributed by atoms with Crippen molar-refractivity contribution in [2.24, 2.45) is 0 Å². The van der Waals surface area contributed by atoms with Gasteiger partial charge in [-0.25, -0.2) is 0 Å². The minimum Gasteiger partial charge on any atom is -0.685 e. The molecule has 2 aliphatic rings. The number of allylic oxidation sites excluding steroid dienone is 2. The van der Waals surface area contributed by atoms with Crippen molar-refractivity contribution in [1.82, 2.24) is 0 Å². The van der Waals surface area contributed by atoms with Crippen LogP contribution in [0.4, 0.5) is 0 Å². The van der Waals surface area contributed by atoms with Gasteiger partial charge >= 0.3 is 34.1 Å². The van der Waals surface area contributed by atoms with Gasteiger partial charge in [0, 0.05) is 13.8 Å². The van der Waals surface area contributed by atoms with Crippen molar-refractivity contribution in [3.8, 4) is 0 Å². The maximum Gasteiger partial charge on any atom is 2.00 e. The number of piperidine rings is 1. The zero-order valence-corrected chi connectivity index (χ0v) is 20.2. The summed E-state index contributed by atoms with van der Waals surface area (Å²) in [6.07, 6.45) is 10.4. The third-order valence-corrected chi connectivity index (χ3v) is 3.93. The van der Waals surface area contributed by atoms with E-state index in [1.807, 2.05) is 18.2 Å². The number of hydrogen-bond acceptors (Lipinski definition) is 4. The summed E-state index contributed by atoms with van der Waals surface area (Å²) in [6.45, 7) is 4.09. The molecule has 0 aromatic rings. The quantitative estimate of drug-likeness (QED) is 0.320. The van der Waals surface area contributed by atoms with Crippen LogP contribution in [0.3, 0.4) is 0 Å². The van der Waals surface area contributed by atoms with Gasteiger partial charge in [-0.3, -0.25) is 9.59 Å². The van der Waals surface area contributed by atoms with Crippen molar-refractivity contribution in [1.29, 1.82) is 0 Å². The van der Waals surface area contributed by atoms with Crippen LogP contribution in [0, 0.1) is 0 Å². The van der Waals surface area contributed by atoms with E-state index in [1.54, 1.807) is 6.20 Å². The van der Waals surface area contributed by atoms with Gasteiger partial charge in [0.25, 0.3) is 11.9 Å². The molecule has 1 fully saturated rings. The molecule has 2 heterocycles. The first kappa shape index (κ1) is 35.6. The maximum atomic E-state index is 9.79. The van der Waals surface area contributed by atoms with Crippen LogP contribution in [0.2, 0.25) is 0 Å². The first-order chi connectivity index (χ1) is 14.2. The van der Waals surface area contributed by atoms with Crippen LogP contribution in [0.1, 0.15) is 46.0 Å². The molecular formula is C20H34Cu2N4O6. The first-order valence-corrected chi connectivity index (χ1v) is 10.0. The summed E-state index contributed by atoms with van der Waals surface area (Å²) in [5.74, 6) is -1.67. The summed E-state index contributed by atoms with van der Waals surface area (Å²) < 4.78 is 0. The second-order valence-electron chi connectivity index (χ2n) is 6.75. The summed E-state index contributed by atoms with van der Waals surface area (Å²) in [4.78, 5) is 18.0. The van der Waals surface area contributed by atoms with Gasteiger partial charge < -0.3 is 41.7 Å². The summed E-state index contributed by atoms with van der Waals surface area (Å²) in [7, 11) is 0. The predicted molar refractivity (Wildman–Crippen MR) is 116 cm³/mol. The molecule has 0 aromatic carbocycles. The van der Waals surface area contributed by atoms with Crippen LogP contribution < -0.4 is 0 Å². The smallest absolute Gasteiger partial charge is 0.685 e. The standard InChI is InChI=1S/C16H26N4O2.2C2H4O2.2Cu/c21-15(19-11-7-13-5-1-3-9-17-13)16(22)20-12-8-14-6-2-4-10-18-14;2*1-2(3)4;;/h1,3,5,9,13-16,21-22H,2,4,6-8,10-12H2;2*1H3,(H,3,4);;/q-4;;;2*+2. The molecule has 10 nitrogen and oxygen atoms in total. The van der Waals surface area contributed by atoms with Gasteiger partial charge in [0.2, 0.25) is 0 Å². The summed E-state index contributed by atoms with van der Waals surface area (Å²) in [5.41, 5.74) is 0. The molecule has 0 bridgehead atoms. The Morgan fingerprint density at radius 3 is 1.94 bits per heavy atom. The Hall–Kier alpha value is -0.941. The zero-order chi connectivity index (χ0) is 22.8. The Labute approximate surface area is 211 Å². The van der Waals surface area contributed by atoms with Crippen molar-refractivity contribution in [2.45, 2.75) is 70.5 Å². The molecule has 0 amide bonds. The average molecular weight is 554 g/mol. The molecule has 12 heteroatoms. The third-order valence-electron chi connectivity index (χ3n) is 3.93. The van der Waals surface area contributed by atoms with Gasteiger partial charge in [0.05, 0.1) is 0 Å². The van der Waals surface area contributed by atoms with Crippen LogP contribution in [-0.4, -0.2) is 76.5 Å². The van der Waals surface area contributed by atoms with Gasteiger partial charge in [0.15, 0.2) is 0 Å². The number of carbonyl (C=O) groups is 2. The Morgan fingerprint density at radius 2 is 1.50 bits per heavy atom. The fourth-order valence-corrected chi connectivity index (χ4v) is 2.60. The van der Waals surface area contributed by atoms with E-state index in [0.29, 0.717) is 19.1 Å². The van der Waals surface area contributed by atoms with Crippen molar-refractivity contribution in [3.63, 3.8) is 0 Å². The number of aliphatic carboxylic acids is 2. The number of hydrogen-bond donors (Lipinski definition) is 4. The van der Waals surface area contributed by atoms with Crippen LogP contribution >= 0.6 is 0 Å². The summed E-state index contributed by atoms with van der Waals surface area (Å²) >= 11 is 0. The van der Waals surface area contributed by atoms with Gasteiger partial charge in [-0.15, -0.1) is 31.7 Å². The number of nitrogens with zero attached hydrogens (tertiary/aromatic N) is 4. The second-order valence-corrected chi connectivity index (χ2v) is 6.75. The minimum atomic E-state index is -1.15. The number of carboxylic acids is 2. The van der Waals surface area contributed by atoms with Crippen LogP contribution in [-0.2, 0) is 43.7 Å². The molecule has 2 rings (SSSR count). The van der Waals surface area contributed by atoms with Crippen molar-refractivity contribution in [2.75, 3.05) is 19.6 Å². The molecular weight excluding hydrogens is 519 g/mol. The van der Waals surface area contributed by atoms with E-state index >= 15 is 0 Å². The molecule has 4 N–H and O–H groups in total. The molecule has 2 aliphatic heterocycles. The van der Waals surface area contributed by atoms with Crippen LogP contribution in [0.5, 0.6) is 0 Å². The molecule has 1 saturated heterocycles. The van der Waals surface area contributed by atoms with E-state index in [-0.39, 0.29) is 40.2 Å². The first-order valence-electron chi connectivity index (χ1n) is 10.0. The topological polar surface area (TPSA) is 171 Å². The SMILES string of the molecule is CC(=O)O.CC(=O)O.OC([N-]CCC1C=CC=C[N-]1)C(O)[N-]CCC1CCCC[N-]1.[Cu+2].[Cu+2]. The van der Waals surface area contributed by atoms with Crippen molar-refractivity contribution in [3.05, 3.63) is 45.7 Å². The molecule has 0 aliphatic carbocycles. The predicted octanol–water partition coefficient (Wildman–Crippen LogP) is 3.08. The fraction of sp³-hybridized carbons (Fsp3) is 0.700. The van der Waals surface area contributed by atoms with E-state index in [4.69, 9.17) is 19.8 Å². The number of rotatable bonds is 9. The number of aliphatic hydroxyl groups is 2. The molecule has 4 atom stereocenters. The molecule has 0 aromatic heterocycles. The van der Waals surface area contributed by atoms with Gasteiger partial charge in [-0.1, -0.05) is 50.3 Å². The number of aliphatic hydroxyl groups excluding tert-OH is 2. The van der Waals surface area contributed by atoms with E-state index in [9.17, 15) is 10.2 Å². The van der Waals surface area contributed by atoms with Gasteiger partial charge in [0.1, 0.15) is 0 Å². The zero-order valence-electron chi connectivity index (χ0n) is 18.3. The van der Waals surface area contributed by atoms with Crippen molar-refractivity contribution >= 4 is 11.9 Å². The molecule has 2 radical (unpaired) electrons. The van der Waals surface area contributed by atoms with Gasteiger partial charge in [-0.05, 0) is 12.5 Å². The Kier molecular flexibility index (Phi) is 25.9. The third kappa shape index (κ3) is 23.7. The van der Waals surface area contributed by atoms with E-state index in [0.717, 1.165) is 39.7 Å². The Bertz CT molecular complexity index is 514. The maximum absolute atomic E-state index is 9.79. The van der Waals surface area contributed by atoms with Gasteiger partial charge in [-0.2, -0.15) is 6.20 Å². The molecule has 4 unspecified atom stereocenters. The van der Waals surface area contributed by atoms with Crippen LogP contribution in [0.15, 0.2) is 24.4 Å². The molecule has 0 spiro atoms. The van der Waals surface area contributed by atoms with E-state index < -0.39 is 24.4 Å². The normalized spacial score (nSPS) is 20.4. The van der Waals surface area contributed by atoms with E-state index in [2.05, 4.69) is 21.3 Å². The largest absolute Gasteiger partial charge is 2.00 e. The van der Waals surface area contributed by atoms with Crippen molar-refractivity contribution < 1.29 is 64.2 Å². The fourth-order valence-electron chi connectivity index (χ4n) is 2.60.